The van der Waals surface area contributed by atoms with Crippen LogP contribution in [0.1, 0.15) is 34.2 Å². The molecule has 0 aliphatic heterocycles. The van der Waals surface area contributed by atoms with Crippen LogP contribution in [0.3, 0.4) is 0 Å². The highest BCUT2D eigenvalue weighted by Gasteiger charge is 2.19. The van der Waals surface area contributed by atoms with E-state index in [0.717, 1.165) is 11.3 Å². The van der Waals surface area contributed by atoms with Gasteiger partial charge >= 0.3 is 5.97 Å². The second kappa shape index (κ2) is 8.95. The summed E-state index contributed by atoms with van der Waals surface area (Å²) in [6.07, 6.45) is -0.134. The maximum absolute atomic E-state index is 12.4. The molecule has 2 rings (SSSR count). The number of nitrogens with zero attached hydrogens (tertiary/aromatic N) is 2. The molecule has 0 radical (unpaired) electrons. The van der Waals surface area contributed by atoms with Gasteiger partial charge in [0.15, 0.2) is 5.13 Å². The van der Waals surface area contributed by atoms with Crippen LogP contribution in [0.5, 0.6) is 5.75 Å². The number of thiazole rings is 1. The number of hydrogen-bond acceptors (Lipinski definition) is 6. The van der Waals surface area contributed by atoms with Crippen molar-refractivity contribution in [2.24, 2.45) is 0 Å². The SMILES string of the molecule is CCN(CCC(=O)O)C(=O)c1csc(NC(=O)c2ccc(OC)cc2)n1. The molecule has 0 saturated heterocycles. The predicted molar refractivity (Wildman–Crippen MR) is 96.9 cm³/mol. The lowest BCUT2D eigenvalue weighted by molar-refractivity contribution is -0.137. The molecule has 0 atom stereocenters. The summed E-state index contributed by atoms with van der Waals surface area (Å²) in [4.78, 5) is 40.8. The number of ether oxygens (including phenoxy) is 1. The van der Waals surface area contributed by atoms with Gasteiger partial charge < -0.3 is 14.7 Å². The molecule has 138 valence electrons. The van der Waals surface area contributed by atoms with E-state index in [-0.39, 0.29) is 30.5 Å². The molecule has 0 fully saturated rings. The number of benzene rings is 1. The number of nitrogens with one attached hydrogen (secondary N) is 1. The highest BCUT2D eigenvalue weighted by molar-refractivity contribution is 7.14. The fourth-order valence-electron chi connectivity index (χ4n) is 2.14. The minimum absolute atomic E-state index is 0.107. The number of aliphatic carboxylic acids is 1. The van der Waals surface area contributed by atoms with E-state index in [1.165, 1.54) is 10.3 Å². The van der Waals surface area contributed by atoms with Crippen molar-refractivity contribution in [3.05, 3.63) is 40.9 Å². The number of carboxylic acid groups (broad SMARTS) is 1. The summed E-state index contributed by atoms with van der Waals surface area (Å²) in [6.45, 7) is 2.24. The quantitative estimate of drug-likeness (QED) is 0.731. The van der Waals surface area contributed by atoms with Crippen LogP contribution in [-0.4, -0.2) is 53.0 Å². The van der Waals surface area contributed by atoms with Crippen LogP contribution >= 0.6 is 11.3 Å². The molecule has 9 heteroatoms. The van der Waals surface area contributed by atoms with E-state index >= 15 is 0 Å². The van der Waals surface area contributed by atoms with Crippen molar-refractivity contribution in [1.82, 2.24) is 9.88 Å². The Hall–Kier alpha value is -2.94. The Balaban J connectivity index is 2.02. The molecule has 26 heavy (non-hydrogen) atoms. The van der Waals surface area contributed by atoms with Gasteiger partial charge in [0.2, 0.25) is 0 Å². The molecule has 1 aromatic carbocycles. The van der Waals surface area contributed by atoms with Crippen LogP contribution in [0.4, 0.5) is 5.13 Å². The molecule has 1 aromatic heterocycles. The molecule has 0 aliphatic rings. The van der Waals surface area contributed by atoms with Crippen LogP contribution in [0.15, 0.2) is 29.6 Å². The molecule has 1 heterocycles. The second-order valence-electron chi connectivity index (χ2n) is 5.25. The van der Waals surface area contributed by atoms with Gasteiger partial charge in [0, 0.05) is 24.0 Å². The van der Waals surface area contributed by atoms with Crippen LogP contribution in [0, 0.1) is 0 Å². The fraction of sp³-hybridized carbons (Fsp3) is 0.294. The molecule has 0 spiro atoms. The number of carbonyl (C=O) groups excluding carboxylic acids is 2. The number of rotatable bonds is 8. The Kier molecular flexibility index (Phi) is 6.67. The van der Waals surface area contributed by atoms with Crippen LogP contribution < -0.4 is 10.1 Å². The molecule has 0 bridgehead atoms. The Morgan fingerprint density at radius 1 is 1.27 bits per heavy atom. The zero-order valence-electron chi connectivity index (χ0n) is 14.4. The molecule has 2 aromatic rings. The molecule has 0 saturated carbocycles. The lowest BCUT2D eigenvalue weighted by Crippen LogP contribution is -2.33. The second-order valence-corrected chi connectivity index (χ2v) is 6.11. The number of carboxylic acids is 1. The van der Waals surface area contributed by atoms with Gasteiger partial charge in [0.1, 0.15) is 11.4 Å². The average molecular weight is 377 g/mol. The number of carbonyl (C=O) groups is 3. The molecule has 2 N–H and O–H groups in total. The normalized spacial score (nSPS) is 10.2. The maximum atomic E-state index is 12.4. The lowest BCUT2D eigenvalue weighted by Gasteiger charge is -2.18. The predicted octanol–water partition coefficient (Wildman–Crippen LogP) is 2.34. The summed E-state index contributed by atoms with van der Waals surface area (Å²) >= 11 is 1.13. The third kappa shape index (κ3) is 5.03. The van der Waals surface area contributed by atoms with E-state index in [1.54, 1.807) is 38.3 Å². The number of methoxy groups -OCH3 is 1. The summed E-state index contributed by atoms with van der Waals surface area (Å²) in [5.74, 6) is -1.04. The van der Waals surface area contributed by atoms with Gasteiger partial charge in [-0.25, -0.2) is 4.98 Å². The molecule has 0 aliphatic carbocycles. The summed E-state index contributed by atoms with van der Waals surface area (Å²) in [5.41, 5.74) is 0.609. The maximum Gasteiger partial charge on any atom is 0.305 e. The molecular weight excluding hydrogens is 358 g/mol. The number of hydrogen-bond donors (Lipinski definition) is 2. The van der Waals surface area contributed by atoms with E-state index in [2.05, 4.69) is 10.3 Å². The van der Waals surface area contributed by atoms with Crippen LogP contribution in [0.2, 0.25) is 0 Å². The number of amides is 2. The third-order valence-electron chi connectivity index (χ3n) is 3.56. The van der Waals surface area contributed by atoms with Gasteiger partial charge in [0.25, 0.3) is 11.8 Å². The van der Waals surface area contributed by atoms with Crippen molar-refractivity contribution in [2.45, 2.75) is 13.3 Å². The van der Waals surface area contributed by atoms with E-state index in [1.807, 2.05) is 0 Å². The van der Waals surface area contributed by atoms with Crippen molar-refractivity contribution in [3.63, 3.8) is 0 Å². The highest BCUT2D eigenvalue weighted by atomic mass is 32.1. The van der Waals surface area contributed by atoms with E-state index in [4.69, 9.17) is 9.84 Å². The van der Waals surface area contributed by atoms with Crippen molar-refractivity contribution >= 4 is 34.3 Å². The number of aromatic nitrogens is 1. The van der Waals surface area contributed by atoms with E-state index < -0.39 is 5.97 Å². The minimum atomic E-state index is -0.970. The minimum Gasteiger partial charge on any atom is -0.497 e. The average Bonchev–Trinajstić information content (AvgIpc) is 3.10. The van der Waals surface area contributed by atoms with Crippen molar-refractivity contribution in [2.75, 3.05) is 25.5 Å². The van der Waals surface area contributed by atoms with Gasteiger partial charge in [-0.15, -0.1) is 11.3 Å². The summed E-state index contributed by atoms with van der Waals surface area (Å²) in [5, 5.41) is 13.2. The lowest BCUT2D eigenvalue weighted by atomic mass is 10.2. The Morgan fingerprint density at radius 2 is 1.96 bits per heavy atom. The van der Waals surface area contributed by atoms with Gasteiger partial charge in [-0.05, 0) is 31.2 Å². The Morgan fingerprint density at radius 3 is 2.54 bits per heavy atom. The van der Waals surface area contributed by atoms with Gasteiger partial charge in [0.05, 0.1) is 13.5 Å². The summed E-state index contributed by atoms with van der Waals surface area (Å²) in [6, 6.07) is 6.59. The molecular formula is C17H19N3O5S. The topological polar surface area (TPSA) is 109 Å². The zero-order chi connectivity index (χ0) is 19.1. The van der Waals surface area contributed by atoms with Crippen molar-refractivity contribution < 1.29 is 24.2 Å². The van der Waals surface area contributed by atoms with Crippen LogP contribution in [0.25, 0.3) is 0 Å². The van der Waals surface area contributed by atoms with Crippen LogP contribution in [-0.2, 0) is 4.79 Å². The first kappa shape index (κ1) is 19.4. The fourth-order valence-corrected chi connectivity index (χ4v) is 2.82. The largest absolute Gasteiger partial charge is 0.497 e. The smallest absolute Gasteiger partial charge is 0.305 e. The molecule has 2 amide bonds. The first-order chi connectivity index (χ1) is 12.4. The van der Waals surface area contributed by atoms with Gasteiger partial charge in [-0.2, -0.15) is 0 Å². The number of anilines is 1. The highest BCUT2D eigenvalue weighted by Crippen LogP contribution is 2.19. The first-order valence-corrected chi connectivity index (χ1v) is 8.74. The standard InChI is InChI=1S/C17H19N3O5S/c1-3-20(9-8-14(21)22)16(24)13-10-26-17(18-13)19-15(23)11-4-6-12(25-2)7-5-11/h4-7,10H,3,8-9H2,1-2H3,(H,21,22)(H,18,19,23). The van der Waals surface area contributed by atoms with E-state index in [9.17, 15) is 14.4 Å². The summed E-state index contributed by atoms with van der Waals surface area (Å²) < 4.78 is 5.04. The third-order valence-corrected chi connectivity index (χ3v) is 4.32. The Bertz CT molecular complexity index is 788. The Labute approximate surface area is 154 Å². The molecule has 8 nitrogen and oxygen atoms in total. The van der Waals surface area contributed by atoms with Gasteiger partial charge in [-0.3, -0.25) is 19.7 Å². The van der Waals surface area contributed by atoms with Crippen molar-refractivity contribution in [1.29, 1.82) is 0 Å². The summed E-state index contributed by atoms with van der Waals surface area (Å²) in [7, 11) is 1.54. The van der Waals surface area contributed by atoms with E-state index in [0.29, 0.717) is 23.0 Å². The molecule has 0 unspecified atom stereocenters. The first-order valence-electron chi connectivity index (χ1n) is 7.86. The van der Waals surface area contributed by atoms with Gasteiger partial charge in [-0.1, -0.05) is 0 Å². The zero-order valence-corrected chi connectivity index (χ0v) is 15.2. The van der Waals surface area contributed by atoms with Crippen molar-refractivity contribution in [3.8, 4) is 5.75 Å². The monoisotopic (exact) mass is 377 g/mol.